The molecule has 1 saturated heterocycles. The van der Waals surface area contributed by atoms with E-state index in [-0.39, 0.29) is 6.04 Å². The number of hydrogen-bond acceptors (Lipinski definition) is 3. The van der Waals surface area contributed by atoms with Crippen molar-refractivity contribution < 1.29 is 4.74 Å². The first-order valence-corrected chi connectivity index (χ1v) is 7.95. The van der Waals surface area contributed by atoms with Crippen LogP contribution >= 0.6 is 0 Å². The van der Waals surface area contributed by atoms with E-state index in [1.807, 2.05) is 0 Å². The average molecular weight is 274 g/mol. The maximum atomic E-state index is 6.51. The molecule has 2 N–H and O–H groups in total. The van der Waals surface area contributed by atoms with Gasteiger partial charge < -0.3 is 15.4 Å². The summed E-state index contributed by atoms with van der Waals surface area (Å²) in [5.41, 5.74) is 8.96. The smallest absolute Gasteiger partial charge is 0.124 e. The Morgan fingerprint density at radius 1 is 1.20 bits per heavy atom. The molecule has 0 spiro atoms. The summed E-state index contributed by atoms with van der Waals surface area (Å²) in [6, 6.07) is 6.46. The Bertz CT molecular complexity index is 452. The van der Waals surface area contributed by atoms with E-state index < -0.39 is 0 Å². The van der Waals surface area contributed by atoms with Gasteiger partial charge in [0.25, 0.3) is 0 Å². The summed E-state index contributed by atoms with van der Waals surface area (Å²) < 4.78 is 5.93. The quantitative estimate of drug-likeness (QED) is 0.901. The summed E-state index contributed by atoms with van der Waals surface area (Å²) in [5, 5.41) is 0. The van der Waals surface area contributed by atoms with Gasteiger partial charge in [-0.15, -0.1) is 0 Å². The van der Waals surface area contributed by atoms with Crippen molar-refractivity contribution in [3.63, 3.8) is 0 Å². The molecule has 1 fully saturated rings. The predicted octanol–water partition coefficient (Wildman–Crippen LogP) is 2.88. The van der Waals surface area contributed by atoms with Crippen molar-refractivity contribution in [1.82, 2.24) is 4.90 Å². The van der Waals surface area contributed by atoms with Gasteiger partial charge in [0, 0.05) is 24.1 Å². The molecule has 3 heteroatoms. The van der Waals surface area contributed by atoms with Gasteiger partial charge >= 0.3 is 0 Å². The van der Waals surface area contributed by atoms with Crippen LogP contribution in [0.3, 0.4) is 0 Å². The van der Waals surface area contributed by atoms with E-state index in [9.17, 15) is 0 Å². The van der Waals surface area contributed by atoms with Gasteiger partial charge in [-0.3, -0.25) is 0 Å². The maximum absolute atomic E-state index is 6.51. The second-order valence-corrected chi connectivity index (χ2v) is 6.35. The average Bonchev–Trinajstić information content (AvgIpc) is 2.71. The minimum atomic E-state index is 0.113. The highest BCUT2D eigenvalue weighted by molar-refractivity contribution is 5.40. The first-order valence-electron chi connectivity index (χ1n) is 7.95. The third-order valence-corrected chi connectivity index (χ3v) is 4.68. The van der Waals surface area contributed by atoms with E-state index in [1.165, 1.54) is 49.9 Å². The fraction of sp³-hybridized carbons (Fsp3) is 0.647. The summed E-state index contributed by atoms with van der Waals surface area (Å²) in [7, 11) is 0. The van der Waals surface area contributed by atoms with Crippen LogP contribution in [-0.2, 0) is 0 Å². The van der Waals surface area contributed by atoms with Gasteiger partial charge in [0.1, 0.15) is 5.75 Å². The Kier molecular flexibility index (Phi) is 4.27. The van der Waals surface area contributed by atoms with Gasteiger partial charge in [-0.25, -0.2) is 0 Å². The summed E-state index contributed by atoms with van der Waals surface area (Å²) in [5.74, 6) is 1.40. The van der Waals surface area contributed by atoms with Gasteiger partial charge in [-0.2, -0.15) is 0 Å². The molecule has 2 aliphatic heterocycles. The fourth-order valence-corrected chi connectivity index (χ4v) is 3.43. The van der Waals surface area contributed by atoms with Crippen molar-refractivity contribution in [1.29, 1.82) is 0 Å². The van der Waals surface area contributed by atoms with E-state index in [1.54, 1.807) is 0 Å². The lowest BCUT2D eigenvalue weighted by Crippen LogP contribution is -2.40. The Balaban J connectivity index is 1.69. The number of benzene rings is 1. The number of ether oxygens (including phenoxy) is 1. The standard InChI is InChI=1S/C17H26N2O/c1-13-6-7-16-15(10-13)17(18)14(12-20-16)11-19-8-4-2-3-5-9-19/h6-7,10,14,17H,2-5,8-9,11-12,18H2,1H3. The van der Waals surface area contributed by atoms with Gasteiger partial charge in [-0.1, -0.05) is 30.5 Å². The summed E-state index contributed by atoms with van der Waals surface area (Å²) in [6.45, 7) is 6.40. The molecule has 3 nitrogen and oxygen atoms in total. The second kappa shape index (κ2) is 6.15. The van der Waals surface area contributed by atoms with Crippen LogP contribution in [0, 0.1) is 12.8 Å². The zero-order chi connectivity index (χ0) is 13.9. The van der Waals surface area contributed by atoms with Crippen LogP contribution in [0.25, 0.3) is 0 Å². The molecule has 0 aromatic heterocycles. The van der Waals surface area contributed by atoms with Crippen molar-refractivity contribution in [2.24, 2.45) is 11.7 Å². The number of hydrogen-bond donors (Lipinski definition) is 1. The first-order chi connectivity index (χ1) is 9.74. The van der Waals surface area contributed by atoms with Crippen LogP contribution in [0.5, 0.6) is 5.75 Å². The Hall–Kier alpha value is -1.06. The Labute approximate surface area is 122 Å². The lowest BCUT2D eigenvalue weighted by atomic mass is 9.90. The van der Waals surface area contributed by atoms with Crippen LogP contribution in [-0.4, -0.2) is 31.1 Å². The molecule has 0 bridgehead atoms. The molecule has 2 unspecified atom stereocenters. The highest BCUT2D eigenvalue weighted by atomic mass is 16.5. The second-order valence-electron chi connectivity index (χ2n) is 6.35. The van der Waals surface area contributed by atoms with E-state index in [4.69, 9.17) is 10.5 Å². The van der Waals surface area contributed by atoms with Crippen LogP contribution in [0.1, 0.15) is 42.9 Å². The largest absolute Gasteiger partial charge is 0.493 e. The van der Waals surface area contributed by atoms with Crippen LogP contribution in [0.2, 0.25) is 0 Å². The van der Waals surface area contributed by atoms with Crippen molar-refractivity contribution in [3.05, 3.63) is 29.3 Å². The van der Waals surface area contributed by atoms with E-state index in [0.717, 1.165) is 18.9 Å². The normalized spacial score (nSPS) is 27.5. The summed E-state index contributed by atoms with van der Waals surface area (Å²) >= 11 is 0. The molecular weight excluding hydrogens is 248 g/mol. The first kappa shape index (κ1) is 13.9. The van der Waals surface area contributed by atoms with Crippen molar-refractivity contribution >= 4 is 0 Å². The molecule has 0 radical (unpaired) electrons. The topological polar surface area (TPSA) is 38.5 Å². The molecule has 110 valence electrons. The predicted molar refractivity (Wildman–Crippen MR) is 82.0 cm³/mol. The van der Waals surface area contributed by atoms with Crippen molar-refractivity contribution in [3.8, 4) is 5.75 Å². The third-order valence-electron chi connectivity index (χ3n) is 4.68. The molecule has 2 atom stereocenters. The maximum Gasteiger partial charge on any atom is 0.124 e. The lowest BCUT2D eigenvalue weighted by Gasteiger charge is -2.34. The zero-order valence-corrected chi connectivity index (χ0v) is 12.5. The number of likely N-dealkylation sites (tertiary alicyclic amines) is 1. The lowest BCUT2D eigenvalue weighted by molar-refractivity contribution is 0.140. The molecule has 0 saturated carbocycles. The molecule has 0 amide bonds. The number of nitrogens with zero attached hydrogens (tertiary/aromatic N) is 1. The fourth-order valence-electron chi connectivity index (χ4n) is 3.43. The minimum Gasteiger partial charge on any atom is -0.493 e. The van der Waals surface area contributed by atoms with Gasteiger partial charge in [0.05, 0.1) is 6.61 Å². The highest BCUT2D eigenvalue weighted by Gasteiger charge is 2.29. The van der Waals surface area contributed by atoms with Gasteiger partial charge in [-0.05, 0) is 38.9 Å². The highest BCUT2D eigenvalue weighted by Crippen LogP contribution is 2.35. The molecule has 1 aromatic carbocycles. The molecule has 2 aliphatic rings. The monoisotopic (exact) mass is 274 g/mol. The van der Waals surface area contributed by atoms with Crippen LogP contribution in [0.15, 0.2) is 18.2 Å². The van der Waals surface area contributed by atoms with E-state index >= 15 is 0 Å². The number of fused-ring (bicyclic) bond motifs is 1. The van der Waals surface area contributed by atoms with Gasteiger partial charge in [0.2, 0.25) is 0 Å². The molecule has 2 heterocycles. The van der Waals surface area contributed by atoms with E-state index in [2.05, 4.69) is 30.0 Å². The molecule has 3 rings (SSSR count). The van der Waals surface area contributed by atoms with Gasteiger partial charge in [0.15, 0.2) is 0 Å². The number of nitrogens with two attached hydrogens (primary N) is 1. The summed E-state index contributed by atoms with van der Waals surface area (Å²) in [6.07, 6.45) is 5.43. The Morgan fingerprint density at radius 3 is 2.70 bits per heavy atom. The summed E-state index contributed by atoms with van der Waals surface area (Å²) in [4.78, 5) is 2.58. The Morgan fingerprint density at radius 2 is 1.95 bits per heavy atom. The van der Waals surface area contributed by atoms with Crippen molar-refractivity contribution in [2.75, 3.05) is 26.2 Å². The molecule has 1 aromatic rings. The number of rotatable bonds is 2. The third kappa shape index (κ3) is 2.99. The van der Waals surface area contributed by atoms with Crippen LogP contribution in [0.4, 0.5) is 0 Å². The molecular formula is C17H26N2O. The van der Waals surface area contributed by atoms with E-state index in [0.29, 0.717) is 5.92 Å². The SMILES string of the molecule is Cc1ccc2c(c1)C(N)C(CN1CCCCCC1)CO2. The van der Waals surface area contributed by atoms with Crippen molar-refractivity contribution in [2.45, 2.75) is 38.6 Å². The molecule has 0 aliphatic carbocycles. The van der Waals surface area contributed by atoms with Crippen LogP contribution < -0.4 is 10.5 Å². The zero-order valence-electron chi connectivity index (χ0n) is 12.5. The minimum absolute atomic E-state index is 0.113. The molecule has 20 heavy (non-hydrogen) atoms. The number of aryl methyl sites for hydroxylation is 1.